The molecule has 0 aromatic heterocycles. The summed E-state index contributed by atoms with van der Waals surface area (Å²) in [6.07, 6.45) is 0. The number of rotatable bonds is 4. The van der Waals surface area contributed by atoms with Gasteiger partial charge < -0.3 is 24.2 Å². The Morgan fingerprint density at radius 1 is 0.733 bits per heavy atom. The predicted octanol–water partition coefficient (Wildman–Crippen LogP) is 3.20. The first-order valence-electron chi connectivity index (χ1n) is 10.3. The molecule has 2 aromatic rings. The van der Waals surface area contributed by atoms with Gasteiger partial charge in [-0.1, -0.05) is 24.4 Å². The van der Waals surface area contributed by atoms with Crippen molar-refractivity contribution in [2.45, 2.75) is 0 Å². The summed E-state index contributed by atoms with van der Waals surface area (Å²) >= 11 is 11.5. The lowest BCUT2D eigenvalue weighted by Gasteiger charge is -2.37. The molecule has 0 N–H and O–H groups in total. The Balaban J connectivity index is 1.33. The molecule has 158 valence electrons. The van der Waals surface area contributed by atoms with Crippen LogP contribution in [0.4, 0.5) is 5.69 Å². The zero-order valence-electron chi connectivity index (χ0n) is 17.3. The van der Waals surface area contributed by atoms with Gasteiger partial charge >= 0.3 is 0 Å². The molecule has 0 spiro atoms. The van der Waals surface area contributed by atoms with Crippen LogP contribution in [-0.4, -0.2) is 79.4 Å². The molecule has 30 heavy (non-hydrogen) atoms. The summed E-state index contributed by atoms with van der Waals surface area (Å²) in [6, 6.07) is 16.6. The van der Waals surface area contributed by atoms with Gasteiger partial charge in [0.15, 0.2) is 0 Å². The lowest BCUT2D eigenvalue weighted by molar-refractivity contribution is 0.122. The van der Waals surface area contributed by atoms with Crippen molar-refractivity contribution in [1.82, 2.24) is 9.80 Å². The van der Waals surface area contributed by atoms with E-state index in [-0.39, 0.29) is 0 Å². The number of thiocarbonyl (C=S) groups is 2. The van der Waals surface area contributed by atoms with Crippen molar-refractivity contribution in [3.8, 4) is 5.75 Å². The lowest BCUT2D eigenvalue weighted by Crippen LogP contribution is -2.50. The first kappa shape index (κ1) is 21.0. The number of piperazine rings is 1. The van der Waals surface area contributed by atoms with Gasteiger partial charge in [0, 0.05) is 56.1 Å². The van der Waals surface area contributed by atoms with Crippen molar-refractivity contribution in [2.24, 2.45) is 0 Å². The number of methoxy groups -OCH3 is 1. The topological polar surface area (TPSA) is 28.2 Å². The molecule has 2 aliphatic heterocycles. The Morgan fingerprint density at radius 2 is 1.20 bits per heavy atom. The molecule has 0 atom stereocenters. The Bertz CT molecular complexity index is 872. The molecule has 2 saturated heterocycles. The zero-order chi connectivity index (χ0) is 20.9. The molecule has 0 saturated carbocycles. The third-order valence-electron chi connectivity index (χ3n) is 5.68. The Kier molecular flexibility index (Phi) is 6.82. The molecule has 0 radical (unpaired) electrons. The van der Waals surface area contributed by atoms with E-state index in [9.17, 15) is 0 Å². The fraction of sp³-hybridized carbons (Fsp3) is 0.391. The van der Waals surface area contributed by atoms with Crippen molar-refractivity contribution in [1.29, 1.82) is 0 Å². The van der Waals surface area contributed by atoms with E-state index in [0.717, 1.165) is 79.3 Å². The maximum absolute atomic E-state index is 5.79. The van der Waals surface area contributed by atoms with Crippen LogP contribution < -0.4 is 9.64 Å². The summed E-state index contributed by atoms with van der Waals surface area (Å²) in [6.45, 7) is 6.97. The number of hydrogen-bond acceptors (Lipinski definition) is 5. The monoisotopic (exact) mass is 441 g/mol. The molecule has 2 heterocycles. The van der Waals surface area contributed by atoms with Gasteiger partial charge in [-0.2, -0.15) is 0 Å². The van der Waals surface area contributed by atoms with E-state index in [0.29, 0.717) is 0 Å². The van der Waals surface area contributed by atoms with Crippen LogP contribution in [-0.2, 0) is 4.74 Å². The minimum Gasteiger partial charge on any atom is -0.497 e. The van der Waals surface area contributed by atoms with Crippen molar-refractivity contribution >= 4 is 40.1 Å². The minimum absolute atomic E-state index is 0.794. The molecule has 2 aromatic carbocycles. The Morgan fingerprint density at radius 3 is 1.67 bits per heavy atom. The molecule has 7 heteroatoms. The van der Waals surface area contributed by atoms with Crippen molar-refractivity contribution in [3.05, 3.63) is 59.7 Å². The van der Waals surface area contributed by atoms with Crippen LogP contribution in [0.15, 0.2) is 48.5 Å². The molecule has 0 aliphatic carbocycles. The molecule has 4 rings (SSSR count). The summed E-state index contributed by atoms with van der Waals surface area (Å²) in [5.74, 6) is 0.844. The van der Waals surface area contributed by atoms with Crippen molar-refractivity contribution in [3.63, 3.8) is 0 Å². The zero-order valence-corrected chi connectivity index (χ0v) is 18.9. The second-order valence-corrected chi connectivity index (χ2v) is 8.23. The highest BCUT2D eigenvalue weighted by Gasteiger charge is 2.22. The second-order valence-electron chi connectivity index (χ2n) is 7.46. The van der Waals surface area contributed by atoms with E-state index in [1.54, 1.807) is 7.11 Å². The maximum Gasteiger partial charge on any atom is 0.118 e. The number of nitrogens with zero attached hydrogens (tertiary/aromatic N) is 3. The van der Waals surface area contributed by atoms with Gasteiger partial charge in [0.25, 0.3) is 0 Å². The average molecular weight is 442 g/mol. The number of hydrogen-bond donors (Lipinski definition) is 0. The first-order chi connectivity index (χ1) is 14.7. The van der Waals surface area contributed by atoms with E-state index in [1.165, 1.54) is 5.69 Å². The summed E-state index contributed by atoms with van der Waals surface area (Å²) in [5.41, 5.74) is 3.40. The van der Waals surface area contributed by atoms with Gasteiger partial charge in [0.05, 0.1) is 20.3 Å². The predicted molar refractivity (Wildman–Crippen MR) is 129 cm³/mol. The van der Waals surface area contributed by atoms with E-state index in [4.69, 9.17) is 33.9 Å². The fourth-order valence-electron chi connectivity index (χ4n) is 3.85. The molecule has 2 fully saturated rings. The molecule has 5 nitrogen and oxygen atoms in total. The van der Waals surface area contributed by atoms with E-state index in [1.807, 2.05) is 24.3 Å². The molecule has 0 amide bonds. The lowest BCUT2D eigenvalue weighted by atomic mass is 10.1. The normalized spacial score (nSPS) is 17.0. The molecular formula is C23H27N3O2S2. The summed E-state index contributed by atoms with van der Waals surface area (Å²) in [5, 5.41) is 0. The SMILES string of the molecule is COc1ccc(C(=S)N2CCN(C(=S)c3ccc(N4CCOCC4)cc3)CC2)cc1. The van der Waals surface area contributed by atoms with Crippen LogP contribution in [0.1, 0.15) is 11.1 Å². The third-order valence-corrected chi connectivity index (χ3v) is 6.67. The van der Waals surface area contributed by atoms with Gasteiger partial charge in [-0.3, -0.25) is 0 Å². The molecule has 0 unspecified atom stereocenters. The summed E-state index contributed by atoms with van der Waals surface area (Å²) < 4.78 is 10.7. The van der Waals surface area contributed by atoms with Gasteiger partial charge in [-0.05, 0) is 48.5 Å². The smallest absolute Gasteiger partial charge is 0.118 e. The molecule has 0 bridgehead atoms. The average Bonchev–Trinajstić information content (AvgIpc) is 2.84. The summed E-state index contributed by atoms with van der Waals surface area (Å²) in [7, 11) is 1.67. The van der Waals surface area contributed by atoms with Crippen LogP contribution in [0, 0.1) is 0 Å². The highest BCUT2D eigenvalue weighted by Crippen LogP contribution is 2.20. The largest absolute Gasteiger partial charge is 0.497 e. The number of ether oxygens (including phenoxy) is 2. The van der Waals surface area contributed by atoms with E-state index < -0.39 is 0 Å². The molecule has 2 aliphatic rings. The van der Waals surface area contributed by atoms with Gasteiger partial charge in [-0.25, -0.2) is 0 Å². The quantitative estimate of drug-likeness (QED) is 0.673. The Labute approximate surface area is 189 Å². The third kappa shape index (κ3) is 4.74. The van der Waals surface area contributed by atoms with Crippen molar-refractivity contribution in [2.75, 3.05) is 64.5 Å². The van der Waals surface area contributed by atoms with Crippen molar-refractivity contribution < 1.29 is 9.47 Å². The number of benzene rings is 2. The maximum atomic E-state index is 5.79. The van der Waals surface area contributed by atoms with E-state index in [2.05, 4.69) is 39.0 Å². The first-order valence-corrected chi connectivity index (χ1v) is 11.1. The Hall–Kier alpha value is -2.22. The van der Waals surface area contributed by atoms with Gasteiger partial charge in [0.2, 0.25) is 0 Å². The van der Waals surface area contributed by atoms with Crippen LogP contribution in [0.25, 0.3) is 0 Å². The van der Waals surface area contributed by atoms with Crippen LogP contribution in [0.2, 0.25) is 0 Å². The van der Waals surface area contributed by atoms with Gasteiger partial charge in [-0.15, -0.1) is 0 Å². The number of morpholine rings is 1. The second kappa shape index (κ2) is 9.73. The minimum atomic E-state index is 0.794. The van der Waals surface area contributed by atoms with Crippen LogP contribution in [0.3, 0.4) is 0 Å². The fourth-order valence-corrected chi connectivity index (χ4v) is 4.49. The molecular weight excluding hydrogens is 414 g/mol. The highest BCUT2D eigenvalue weighted by molar-refractivity contribution is 7.81. The summed E-state index contributed by atoms with van der Waals surface area (Å²) in [4.78, 5) is 8.70. The van der Waals surface area contributed by atoms with Crippen LogP contribution in [0.5, 0.6) is 5.75 Å². The van der Waals surface area contributed by atoms with E-state index >= 15 is 0 Å². The van der Waals surface area contributed by atoms with Gasteiger partial charge in [0.1, 0.15) is 15.7 Å². The van der Waals surface area contributed by atoms with Crippen LogP contribution >= 0.6 is 24.4 Å². The highest BCUT2D eigenvalue weighted by atomic mass is 32.1. The number of anilines is 1. The standard InChI is InChI=1S/C23H27N3O2S2/c1-27-21-8-4-19(5-9-21)23(30)26-12-10-25(11-13-26)22(29)18-2-6-20(7-3-18)24-14-16-28-17-15-24/h2-9H,10-17H2,1H3.